The van der Waals surface area contributed by atoms with E-state index in [9.17, 15) is 5.11 Å². The number of phenolic OH excluding ortho intramolecular Hbond substituents is 1. The van der Waals surface area contributed by atoms with Crippen LogP contribution < -0.4 is 5.32 Å². The Hall–Kier alpha value is -0.980. The van der Waals surface area contributed by atoms with Gasteiger partial charge in [0, 0.05) is 17.4 Å². The van der Waals surface area contributed by atoms with Crippen LogP contribution in [0.3, 0.4) is 0 Å². The molecule has 0 aliphatic carbocycles. The molecule has 14 heavy (non-hydrogen) atoms. The van der Waals surface area contributed by atoms with Gasteiger partial charge in [-0.1, -0.05) is 27.8 Å². The van der Waals surface area contributed by atoms with Crippen molar-refractivity contribution in [1.29, 1.82) is 0 Å². The summed E-state index contributed by atoms with van der Waals surface area (Å²) in [5, 5.41) is 12.5. The predicted molar refractivity (Wildman–Crippen MR) is 61.2 cm³/mol. The molecule has 0 fully saturated rings. The van der Waals surface area contributed by atoms with Crippen LogP contribution in [0.2, 0.25) is 0 Å². The van der Waals surface area contributed by atoms with E-state index in [-0.39, 0.29) is 5.75 Å². The number of hydrogen-bond donors (Lipinski definition) is 2. The van der Waals surface area contributed by atoms with Crippen molar-refractivity contribution in [3.05, 3.63) is 28.2 Å². The molecule has 2 nitrogen and oxygen atoms in total. The van der Waals surface area contributed by atoms with E-state index >= 15 is 0 Å². The molecule has 0 aromatic heterocycles. The van der Waals surface area contributed by atoms with Gasteiger partial charge in [0.2, 0.25) is 0 Å². The lowest BCUT2D eigenvalue weighted by atomic mass is 10.2. The summed E-state index contributed by atoms with van der Waals surface area (Å²) in [7, 11) is 1.89. The molecule has 0 aliphatic heterocycles. The highest BCUT2D eigenvalue weighted by atomic mass is 79.9. The van der Waals surface area contributed by atoms with Gasteiger partial charge in [0.25, 0.3) is 0 Å². The molecule has 0 heterocycles. The van der Waals surface area contributed by atoms with E-state index in [1.165, 1.54) is 0 Å². The first-order valence-electron chi connectivity index (χ1n) is 4.36. The SMILES string of the molecule is CNCCC#Cc1cc(Br)ccc1O. The number of phenols is 1. The largest absolute Gasteiger partial charge is 0.507 e. The normalized spacial score (nSPS) is 9.29. The van der Waals surface area contributed by atoms with Crippen molar-refractivity contribution in [2.45, 2.75) is 6.42 Å². The molecule has 0 unspecified atom stereocenters. The Bertz CT molecular complexity index is 365. The molecule has 0 atom stereocenters. The Labute approximate surface area is 92.5 Å². The van der Waals surface area contributed by atoms with Crippen LogP contribution in [0.15, 0.2) is 22.7 Å². The second-order valence-electron chi connectivity index (χ2n) is 2.82. The average molecular weight is 254 g/mol. The predicted octanol–water partition coefficient (Wildman–Crippen LogP) is 2.12. The lowest BCUT2D eigenvalue weighted by Crippen LogP contribution is -2.05. The number of nitrogens with one attached hydrogen (secondary N) is 1. The Morgan fingerprint density at radius 3 is 3.00 bits per heavy atom. The lowest BCUT2D eigenvalue weighted by Gasteiger charge is -1.96. The number of hydrogen-bond acceptors (Lipinski definition) is 2. The van der Waals surface area contributed by atoms with Gasteiger partial charge in [0.05, 0.1) is 5.56 Å². The summed E-state index contributed by atoms with van der Waals surface area (Å²) in [4.78, 5) is 0. The average Bonchev–Trinajstić information content (AvgIpc) is 2.18. The van der Waals surface area contributed by atoms with Crippen molar-refractivity contribution in [2.24, 2.45) is 0 Å². The molecular weight excluding hydrogens is 242 g/mol. The van der Waals surface area contributed by atoms with Crippen LogP contribution in [0, 0.1) is 11.8 Å². The van der Waals surface area contributed by atoms with Gasteiger partial charge in [-0.15, -0.1) is 0 Å². The van der Waals surface area contributed by atoms with Gasteiger partial charge in [0.1, 0.15) is 5.75 Å². The van der Waals surface area contributed by atoms with E-state index in [1.807, 2.05) is 13.1 Å². The molecule has 0 spiro atoms. The van der Waals surface area contributed by atoms with Crippen LogP contribution in [0.5, 0.6) is 5.75 Å². The first kappa shape index (κ1) is 11.1. The van der Waals surface area contributed by atoms with E-state index in [0.29, 0.717) is 5.56 Å². The molecule has 74 valence electrons. The molecule has 1 aromatic carbocycles. The van der Waals surface area contributed by atoms with Crippen molar-refractivity contribution in [3.8, 4) is 17.6 Å². The van der Waals surface area contributed by atoms with Gasteiger partial charge < -0.3 is 10.4 Å². The van der Waals surface area contributed by atoms with E-state index in [2.05, 4.69) is 33.1 Å². The second kappa shape index (κ2) is 5.69. The standard InChI is InChI=1S/C11H12BrNO/c1-13-7-3-2-4-9-8-10(12)5-6-11(9)14/h5-6,8,13-14H,3,7H2,1H3. The Kier molecular flexibility index (Phi) is 4.51. The summed E-state index contributed by atoms with van der Waals surface area (Å²) >= 11 is 3.33. The Morgan fingerprint density at radius 1 is 1.50 bits per heavy atom. The molecule has 0 saturated heterocycles. The summed E-state index contributed by atoms with van der Waals surface area (Å²) < 4.78 is 0.924. The maximum absolute atomic E-state index is 9.45. The quantitative estimate of drug-likeness (QED) is 0.625. The molecule has 0 bridgehead atoms. The van der Waals surface area contributed by atoms with E-state index in [1.54, 1.807) is 12.1 Å². The van der Waals surface area contributed by atoms with Crippen molar-refractivity contribution in [3.63, 3.8) is 0 Å². The first-order chi connectivity index (χ1) is 6.74. The molecule has 3 heteroatoms. The van der Waals surface area contributed by atoms with E-state index < -0.39 is 0 Å². The molecular formula is C11H12BrNO. The zero-order chi connectivity index (χ0) is 10.4. The molecule has 0 saturated carbocycles. The van der Waals surface area contributed by atoms with E-state index in [0.717, 1.165) is 17.4 Å². The lowest BCUT2D eigenvalue weighted by molar-refractivity contribution is 0.473. The van der Waals surface area contributed by atoms with Gasteiger partial charge in [-0.25, -0.2) is 0 Å². The summed E-state index contributed by atoms with van der Waals surface area (Å²) in [6, 6.07) is 5.22. The van der Waals surface area contributed by atoms with Gasteiger partial charge in [-0.05, 0) is 25.2 Å². The van der Waals surface area contributed by atoms with Crippen molar-refractivity contribution in [1.82, 2.24) is 5.32 Å². The highest BCUT2D eigenvalue weighted by Crippen LogP contribution is 2.20. The number of benzene rings is 1. The number of rotatable bonds is 2. The number of halogens is 1. The summed E-state index contributed by atoms with van der Waals surface area (Å²) in [5.74, 6) is 6.12. The molecule has 0 radical (unpaired) electrons. The van der Waals surface area contributed by atoms with Gasteiger partial charge in [-0.3, -0.25) is 0 Å². The maximum Gasteiger partial charge on any atom is 0.131 e. The van der Waals surface area contributed by atoms with Crippen LogP contribution in [0.1, 0.15) is 12.0 Å². The highest BCUT2D eigenvalue weighted by Gasteiger charge is 1.96. The third-order valence-electron chi connectivity index (χ3n) is 1.68. The summed E-state index contributed by atoms with van der Waals surface area (Å²) in [6.07, 6.45) is 0.780. The molecule has 1 aromatic rings. The van der Waals surface area contributed by atoms with Crippen LogP contribution >= 0.6 is 15.9 Å². The van der Waals surface area contributed by atoms with Crippen LogP contribution in [-0.4, -0.2) is 18.7 Å². The zero-order valence-electron chi connectivity index (χ0n) is 7.97. The monoisotopic (exact) mass is 253 g/mol. The minimum atomic E-state index is 0.227. The Morgan fingerprint density at radius 2 is 2.29 bits per heavy atom. The molecule has 0 amide bonds. The second-order valence-corrected chi connectivity index (χ2v) is 3.73. The smallest absolute Gasteiger partial charge is 0.131 e. The van der Waals surface area contributed by atoms with Gasteiger partial charge in [0.15, 0.2) is 0 Å². The minimum Gasteiger partial charge on any atom is -0.507 e. The summed E-state index contributed by atoms with van der Waals surface area (Å²) in [5.41, 5.74) is 0.662. The molecule has 1 rings (SSSR count). The third kappa shape index (κ3) is 3.41. The number of aromatic hydroxyl groups is 1. The maximum atomic E-state index is 9.45. The van der Waals surface area contributed by atoms with E-state index in [4.69, 9.17) is 0 Å². The fraction of sp³-hybridized carbons (Fsp3) is 0.273. The van der Waals surface area contributed by atoms with Crippen molar-refractivity contribution >= 4 is 15.9 Å². The third-order valence-corrected chi connectivity index (χ3v) is 2.17. The van der Waals surface area contributed by atoms with Crippen molar-refractivity contribution in [2.75, 3.05) is 13.6 Å². The first-order valence-corrected chi connectivity index (χ1v) is 5.15. The fourth-order valence-electron chi connectivity index (χ4n) is 0.954. The minimum absolute atomic E-state index is 0.227. The van der Waals surface area contributed by atoms with Crippen LogP contribution in [0.25, 0.3) is 0 Å². The van der Waals surface area contributed by atoms with Crippen LogP contribution in [0.4, 0.5) is 0 Å². The van der Waals surface area contributed by atoms with Gasteiger partial charge >= 0.3 is 0 Å². The van der Waals surface area contributed by atoms with Crippen LogP contribution in [-0.2, 0) is 0 Å². The highest BCUT2D eigenvalue weighted by molar-refractivity contribution is 9.10. The Balaban J connectivity index is 2.73. The topological polar surface area (TPSA) is 32.3 Å². The zero-order valence-corrected chi connectivity index (χ0v) is 9.56. The fourth-order valence-corrected chi connectivity index (χ4v) is 1.31. The molecule has 0 aliphatic rings. The van der Waals surface area contributed by atoms with Gasteiger partial charge in [-0.2, -0.15) is 0 Å². The van der Waals surface area contributed by atoms with Crippen molar-refractivity contribution < 1.29 is 5.11 Å². The molecule has 2 N–H and O–H groups in total. The summed E-state index contributed by atoms with van der Waals surface area (Å²) in [6.45, 7) is 0.863.